The Balaban J connectivity index is 2.02. The van der Waals surface area contributed by atoms with Gasteiger partial charge in [-0.05, 0) is 61.9 Å². The van der Waals surface area contributed by atoms with E-state index in [1.807, 2.05) is 0 Å². The Kier molecular flexibility index (Phi) is 6.53. The molecule has 3 rings (SSSR count). The maximum Gasteiger partial charge on any atom is 0.340 e. The van der Waals surface area contributed by atoms with Crippen molar-refractivity contribution >= 4 is 35.6 Å². The number of hydrogen-bond donors (Lipinski definition) is 1. The summed E-state index contributed by atoms with van der Waals surface area (Å²) in [5.74, 6) is -2.66. The maximum absolute atomic E-state index is 13.3. The first-order chi connectivity index (χ1) is 15.3. The number of hydrogen-bond acceptors (Lipinski definition) is 6. The molecule has 164 valence electrons. The SMILES string of the molecule is CCOC(=O)c1ccc(N2C(=O)/C(=C\c3ccc(C(=O)O)cc3)C(C(=O)OC)=C2C)cc1. The van der Waals surface area contributed by atoms with Gasteiger partial charge in [-0.2, -0.15) is 0 Å². The van der Waals surface area contributed by atoms with Gasteiger partial charge in [0.1, 0.15) is 0 Å². The van der Waals surface area contributed by atoms with Gasteiger partial charge in [0.25, 0.3) is 5.91 Å². The van der Waals surface area contributed by atoms with E-state index in [4.69, 9.17) is 14.6 Å². The Morgan fingerprint density at radius 2 is 1.56 bits per heavy atom. The number of allylic oxidation sites excluding steroid dienone is 1. The normalized spacial score (nSPS) is 14.7. The van der Waals surface area contributed by atoms with E-state index in [1.165, 1.54) is 42.4 Å². The number of carboxylic acid groups (broad SMARTS) is 1. The van der Waals surface area contributed by atoms with Crippen LogP contribution >= 0.6 is 0 Å². The molecule has 1 N–H and O–H groups in total. The zero-order valence-electron chi connectivity index (χ0n) is 17.7. The van der Waals surface area contributed by atoms with Gasteiger partial charge in [0.05, 0.1) is 36.0 Å². The molecule has 0 saturated carbocycles. The van der Waals surface area contributed by atoms with E-state index in [-0.39, 0.29) is 23.3 Å². The van der Waals surface area contributed by atoms with Gasteiger partial charge in [-0.15, -0.1) is 0 Å². The molecule has 1 aliphatic heterocycles. The number of nitrogens with zero attached hydrogens (tertiary/aromatic N) is 1. The monoisotopic (exact) mass is 435 g/mol. The summed E-state index contributed by atoms with van der Waals surface area (Å²) in [7, 11) is 1.23. The molecule has 1 aliphatic rings. The van der Waals surface area contributed by atoms with E-state index in [1.54, 1.807) is 38.1 Å². The number of carboxylic acids is 1. The number of rotatable bonds is 6. The molecule has 0 bridgehead atoms. The average molecular weight is 435 g/mol. The molecule has 0 radical (unpaired) electrons. The summed E-state index contributed by atoms with van der Waals surface area (Å²) in [6.45, 7) is 3.58. The molecule has 0 unspecified atom stereocenters. The molecule has 0 aliphatic carbocycles. The van der Waals surface area contributed by atoms with Crippen molar-refractivity contribution in [1.29, 1.82) is 0 Å². The van der Waals surface area contributed by atoms with Crippen LogP contribution in [-0.4, -0.2) is 42.6 Å². The van der Waals surface area contributed by atoms with Crippen LogP contribution in [0.2, 0.25) is 0 Å². The largest absolute Gasteiger partial charge is 0.478 e. The van der Waals surface area contributed by atoms with Gasteiger partial charge in [0.2, 0.25) is 0 Å². The predicted octanol–water partition coefficient (Wildman–Crippen LogP) is 3.44. The van der Waals surface area contributed by atoms with E-state index in [0.717, 1.165) is 0 Å². The van der Waals surface area contributed by atoms with Crippen molar-refractivity contribution in [3.05, 3.63) is 82.1 Å². The Morgan fingerprint density at radius 3 is 2.09 bits per heavy atom. The molecule has 8 heteroatoms. The van der Waals surface area contributed by atoms with E-state index in [9.17, 15) is 19.2 Å². The summed E-state index contributed by atoms with van der Waals surface area (Å²) in [5.41, 5.74) is 2.05. The lowest BCUT2D eigenvalue weighted by Gasteiger charge is -2.18. The molecule has 0 saturated heterocycles. The van der Waals surface area contributed by atoms with E-state index in [2.05, 4.69) is 0 Å². The van der Waals surface area contributed by atoms with Crippen LogP contribution in [0.3, 0.4) is 0 Å². The number of methoxy groups -OCH3 is 1. The molecule has 0 atom stereocenters. The van der Waals surface area contributed by atoms with Gasteiger partial charge in [-0.1, -0.05) is 12.1 Å². The molecule has 2 aromatic rings. The zero-order chi connectivity index (χ0) is 23.4. The first-order valence-electron chi connectivity index (χ1n) is 9.74. The molecular weight excluding hydrogens is 414 g/mol. The predicted molar refractivity (Wildman–Crippen MR) is 116 cm³/mol. The van der Waals surface area contributed by atoms with Crippen LogP contribution in [0.4, 0.5) is 5.69 Å². The number of benzene rings is 2. The van der Waals surface area contributed by atoms with E-state index >= 15 is 0 Å². The van der Waals surface area contributed by atoms with Crippen molar-refractivity contribution < 1.29 is 33.8 Å². The fourth-order valence-corrected chi connectivity index (χ4v) is 3.34. The van der Waals surface area contributed by atoms with Gasteiger partial charge in [0.15, 0.2) is 0 Å². The quantitative estimate of drug-likeness (QED) is 0.547. The number of aromatic carboxylic acids is 1. The topological polar surface area (TPSA) is 110 Å². The smallest absolute Gasteiger partial charge is 0.340 e. The molecule has 32 heavy (non-hydrogen) atoms. The van der Waals surface area contributed by atoms with Crippen LogP contribution in [-0.2, 0) is 19.1 Å². The Labute approximate surface area is 184 Å². The fourth-order valence-electron chi connectivity index (χ4n) is 3.34. The third-order valence-electron chi connectivity index (χ3n) is 4.89. The summed E-state index contributed by atoms with van der Waals surface area (Å²) in [6, 6.07) is 12.2. The third kappa shape index (κ3) is 4.29. The van der Waals surface area contributed by atoms with Gasteiger partial charge in [-0.25, -0.2) is 14.4 Å². The first-order valence-corrected chi connectivity index (χ1v) is 9.74. The van der Waals surface area contributed by atoms with Gasteiger partial charge in [-0.3, -0.25) is 9.69 Å². The highest BCUT2D eigenvalue weighted by atomic mass is 16.5. The van der Waals surface area contributed by atoms with Crippen molar-refractivity contribution in [2.24, 2.45) is 0 Å². The number of anilines is 1. The molecule has 8 nitrogen and oxygen atoms in total. The number of ether oxygens (including phenoxy) is 2. The van der Waals surface area contributed by atoms with Crippen molar-refractivity contribution in [2.75, 3.05) is 18.6 Å². The van der Waals surface area contributed by atoms with Crippen LogP contribution in [0, 0.1) is 0 Å². The average Bonchev–Trinajstić information content (AvgIpc) is 3.03. The van der Waals surface area contributed by atoms with Crippen molar-refractivity contribution in [1.82, 2.24) is 0 Å². The first kappa shape index (κ1) is 22.5. The lowest BCUT2D eigenvalue weighted by atomic mass is 10.0. The number of amides is 1. The highest BCUT2D eigenvalue weighted by Gasteiger charge is 2.37. The lowest BCUT2D eigenvalue weighted by Crippen LogP contribution is -2.24. The van der Waals surface area contributed by atoms with Crippen LogP contribution in [0.25, 0.3) is 6.08 Å². The van der Waals surface area contributed by atoms with Gasteiger partial charge in [0, 0.05) is 11.4 Å². The summed E-state index contributed by atoms with van der Waals surface area (Å²) >= 11 is 0. The van der Waals surface area contributed by atoms with Crippen LogP contribution in [0.15, 0.2) is 65.4 Å². The van der Waals surface area contributed by atoms with E-state index < -0.39 is 23.8 Å². The molecule has 0 spiro atoms. The Hall–Kier alpha value is -4.20. The van der Waals surface area contributed by atoms with Gasteiger partial charge < -0.3 is 14.6 Å². The second-order valence-electron chi connectivity index (χ2n) is 6.85. The standard InChI is InChI=1S/C24H21NO7/c1-4-32-23(29)17-9-11-18(12-10-17)25-14(2)20(24(30)31-3)19(21(25)26)13-15-5-7-16(8-6-15)22(27)28/h5-13H,4H2,1-3H3,(H,27,28)/b19-13-. The summed E-state index contributed by atoms with van der Waals surface area (Å²) < 4.78 is 9.85. The number of carbonyl (C=O) groups excluding carboxylic acids is 3. The highest BCUT2D eigenvalue weighted by molar-refractivity contribution is 6.23. The zero-order valence-corrected chi connectivity index (χ0v) is 17.7. The Bertz CT molecular complexity index is 1140. The molecule has 1 heterocycles. The minimum Gasteiger partial charge on any atom is -0.478 e. The van der Waals surface area contributed by atoms with Crippen LogP contribution in [0.1, 0.15) is 40.1 Å². The van der Waals surface area contributed by atoms with E-state index in [0.29, 0.717) is 22.5 Å². The lowest BCUT2D eigenvalue weighted by molar-refractivity contribution is -0.136. The van der Waals surface area contributed by atoms with Crippen molar-refractivity contribution in [3.8, 4) is 0 Å². The third-order valence-corrected chi connectivity index (χ3v) is 4.89. The maximum atomic E-state index is 13.3. The second kappa shape index (κ2) is 9.30. The number of carbonyl (C=O) groups is 4. The van der Waals surface area contributed by atoms with Crippen molar-refractivity contribution in [2.45, 2.75) is 13.8 Å². The second-order valence-corrected chi connectivity index (χ2v) is 6.85. The minimum absolute atomic E-state index is 0.105. The summed E-state index contributed by atoms with van der Waals surface area (Å²) in [4.78, 5) is 50.0. The minimum atomic E-state index is -1.07. The highest BCUT2D eigenvalue weighted by Crippen LogP contribution is 2.35. The van der Waals surface area contributed by atoms with Gasteiger partial charge >= 0.3 is 17.9 Å². The summed E-state index contributed by atoms with van der Waals surface area (Å²) in [6.07, 6.45) is 1.51. The number of esters is 2. The molecular formula is C24H21NO7. The molecule has 0 fully saturated rings. The van der Waals surface area contributed by atoms with Crippen molar-refractivity contribution in [3.63, 3.8) is 0 Å². The van der Waals surface area contributed by atoms with Crippen LogP contribution in [0.5, 0.6) is 0 Å². The molecule has 1 amide bonds. The molecule has 2 aromatic carbocycles. The fraction of sp³-hybridized carbons (Fsp3) is 0.167. The molecule has 0 aromatic heterocycles. The Morgan fingerprint density at radius 1 is 0.969 bits per heavy atom. The van der Waals surface area contributed by atoms with Crippen LogP contribution < -0.4 is 4.90 Å². The summed E-state index contributed by atoms with van der Waals surface area (Å²) in [5, 5.41) is 9.05.